The molecule has 0 bridgehead atoms. The molecule has 3 heterocycles. The van der Waals surface area contributed by atoms with Crippen LogP contribution in [0, 0.1) is 11.8 Å². The predicted molar refractivity (Wildman–Crippen MR) is 98.6 cm³/mol. The predicted octanol–water partition coefficient (Wildman–Crippen LogP) is 2.07. The number of anilines is 3. The second-order valence-electron chi connectivity index (χ2n) is 7.12. The Morgan fingerprint density at radius 3 is 2.16 bits per heavy atom. The van der Waals surface area contributed by atoms with Crippen molar-refractivity contribution in [3.63, 3.8) is 0 Å². The van der Waals surface area contributed by atoms with Crippen LogP contribution in [0.3, 0.4) is 0 Å². The second kappa shape index (κ2) is 7.89. The first-order valence-corrected chi connectivity index (χ1v) is 9.37. The van der Waals surface area contributed by atoms with Crippen molar-refractivity contribution in [2.24, 2.45) is 11.8 Å². The van der Waals surface area contributed by atoms with Crippen molar-refractivity contribution in [2.45, 2.75) is 39.5 Å². The Morgan fingerprint density at radius 1 is 1.12 bits per heavy atom. The molecule has 0 spiro atoms. The fraction of sp³-hybridized carbons (Fsp3) is 0.722. The molecule has 7 heteroatoms. The van der Waals surface area contributed by atoms with Crippen molar-refractivity contribution < 1.29 is 9.53 Å². The minimum Gasteiger partial charge on any atom is -0.466 e. The van der Waals surface area contributed by atoms with Gasteiger partial charge >= 0.3 is 5.97 Å². The number of ether oxygens (including phenoxy) is 1. The van der Waals surface area contributed by atoms with E-state index in [-0.39, 0.29) is 11.9 Å². The van der Waals surface area contributed by atoms with Gasteiger partial charge in [-0.3, -0.25) is 4.79 Å². The molecule has 25 heavy (non-hydrogen) atoms. The third kappa shape index (κ3) is 3.96. The quantitative estimate of drug-likeness (QED) is 0.835. The van der Waals surface area contributed by atoms with Crippen LogP contribution in [0.5, 0.6) is 0 Å². The summed E-state index contributed by atoms with van der Waals surface area (Å²) in [5, 5.41) is 0. The first-order valence-electron chi connectivity index (χ1n) is 9.37. The van der Waals surface area contributed by atoms with Crippen LogP contribution in [0.1, 0.15) is 39.5 Å². The van der Waals surface area contributed by atoms with Crippen molar-refractivity contribution in [1.82, 2.24) is 9.97 Å². The van der Waals surface area contributed by atoms with Crippen LogP contribution < -0.4 is 15.5 Å². The van der Waals surface area contributed by atoms with Crippen molar-refractivity contribution in [3.8, 4) is 0 Å². The fourth-order valence-corrected chi connectivity index (χ4v) is 3.69. The summed E-state index contributed by atoms with van der Waals surface area (Å²) in [6, 6.07) is 0. The average molecular weight is 347 g/mol. The molecule has 1 aromatic rings. The maximum atomic E-state index is 11.9. The minimum absolute atomic E-state index is 0.0117. The third-order valence-electron chi connectivity index (χ3n) is 5.34. The number of nitrogens with zero attached hydrogens (tertiary/aromatic N) is 4. The molecule has 0 radical (unpaired) electrons. The third-order valence-corrected chi connectivity index (χ3v) is 5.34. The van der Waals surface area contributed by atoms with Crippen LogP contribution in [-0.2, 0) is 9.53 Å². The van der Waals surface area contributed by atoms with Crippen LogP contribution in [0.4, 0.5) is 17.3 Å². The van der Waals surface area contributed by atoms with Crippen LogP contribution in [0.25, 0.3) is 0 Å². The molecule has 1 aromatic heterocycles. The van der Waals surface area contributed by atoms with E-state index >= 15 is 0 Å². The first kappa shape index (κ1) is 17.8. The normalized spacial score (nSPS) is 19.9. The number of carbonyl (C=O) groups excluding carboxylic acids is 1. The molecule has 138 valence electrons. The molecule has 3 rings (SSSR count). The van der Waals surface area contributed by atoms with Crippen molar-refractivity contribution >= 4 is 23.3 Å². The molecule has 0 unspecified atom stereocenters. The lowest BCUT2D eigenvalue weighted by Crippen LogP contribution is -2.38. The molecule has 0 aliphatic carbocycles. The lowest BCUT2D eigenvalue weighted by molar-refractivity contribution is -0.148. The molecule has 0 amide bonds. The van der Waals surface area contributed by atoms with E-state index in [0.29, 0.717) is 12.3 Å². The topological polar surface area (TPSA) is 84.6 Å². The largest absolute Gasteiger partial charge is 0.466 e. The zero-order valence-electron chi connectivity index (χ0n) is 15.3. The van der Waals surface area contributed by atoms with Gasteiger partial charge in [-0.2, -0.15) is 0 Å². The number of carbonyl (C=O) groups is 1. The van der Waals surface area contributed by atoms with E-state index in [0.717, 1.165) is 56.6 Å². The van der Waals surface area contributed by atoms with Gasteiger partial charge in [0.2, 0.25) is 0 Å². The van der Waals surface area contributed by atoms with Gasteiger partial charge in [-0.15, -0.1) is 0 Å². The van der Waals surface area contributed by atoms with Gasteiger partial charge < -0.3 is 20.3 Å². The van der Waals surface area contributed by atoms with Gasteiger partial charge in [0.1, 0.15) is 12.0 Å². The van der Waals surface area contributed by atoms with Gasteiger partial charge in [-0.05, 0) is 38.5 Å². The van der Waals surface area contributed by atoms with E-state index in [1.54, 1.807) is 6.33 Å². The second-order valence-corrected chi connectivity index (χ2v) is 7.12. The molecule has 0 atom stereocenters. The van der Waals surface area contributed by atoms with Crippen LogP contribution in [0.2, 0.25) is 0 Å². The number of nitrogens with two attached hydrogens (primary N) is 1. The van der Waals surface area contributed by atoms with Gasteiger partial charge in [0, 0.05) is 26.2 Å². The highest BCUT2D eigenvalue weighted by Crippen LogP contribution is 2.33. The molecule has 2 fully saturated rings. The smallest absolute Gasteiger partial charge is 0.309 e. The summed E-state index contributed by atoms with van der Waals surface area (Å²) in [7, 11) is 0. The van der Waals surface area contributed by atoms with Gasteiger partial charge in [-0.25, -0.2) is 9.97 Å². The maximum absolute atomic E-state index is 11.9. The summed E-state index contributed by atoms with van der Waals surface area (Å²) < 4.78 is 5.14. The number of esters is 1. The van der Waals surface area contributed by atoms with E-state index in [2.05, 4.69) is 26.7 Å². The Labute approximate surface area is 149 Å². The summed E-state index contributed by atoms with van der Waals surface area (Å²) in [5.41, 5.74) is 7.08. The summed E-state index contributed by atoms with van der Waals surface area (Å²) in [6.07, 6.45) is 5.50. The van der Waals surface area contributed by atoms with Gasteiger partial charge in [-0.1, -0.05) is 6.92 Å². The van der Waals surface area contributed by atoms with Crippen molar-refractivity contribution in [2.75, 3.05) is 48.3 Å². The summed E-state index contributed by atoms with van der Waals surface area (Å²) in [5.74, 6) is 2.32. The van der Waals surface area contributed by atoms with Gasteiger partial charge in [0.05, 0.1) is 12.5 Å². The monoisotopic (exact) mass is 347 g/mol. The van der Waals surface area contributed by atoms with E-state index in [1.165, 1.54) is 12.8 Å². The highest BCUT2D eigenvalue weighted by Gasteiger charge is 2.29. The van der Waals surface area contributed by atoms with E-state index in [4.69, 9.17) is 10.5 Å². The number of hydrogen-bond donors (Lipinski definition) is 1. The van der Waals surface area contributed by atoms with Gasteiger partial charge in [0.15, 0.2) is 11.6 Å². The molecule has 7 nitrogen and oxygen atoms in total. The Kier molecular flexibility index (Phi) is 5.60. The summed E-state index contributed by atoms with van der Waals surface area (Å²) >= 11 is 0. The lowest BCUT2D eigenvalue weighted by Gasteiger charge is -2.35. The highest BCUT2D eigenvalue weighted by atomic mass is 16.5. The Balaban J connectivity index is 1.67. The molecular formula is C18H29N5O2. The zero-order valence-corrected chi connectivity index (χ0v) is 15.3. The first-order chi connectivity index (χ1) is 12.1. The van der Waals surface area contributed by atoms with E-state index in [1.807, 2.05) is 6.92 Å². The zero-order chi connectivity index (χ0) is 17.8. The van der Waals surface area contributed by atoms with Crippen molar-refractivity contribution in [3.05, 3.63) is 6.33 Å². The molecule has 0 aromatic carbocycles. The number of piperidine rings is 2. The fourth-order valence-electron chi connectivity index (χ4n) is 3.69. The highest BCUT2D eigenvalue weighted by molar-refractivity contribution is 5.77. The van der Waals surface area contributed by atoms with Crippen molar-refractivity contribution in [1.29, 1.82) is 0 Å². The summed E-state index contributed by atoms with van der Waals surface area (Å²) in [6.45, 7) is 8.09. The minimum atomic E-state index is -0.0825. The number of rotatable bonds is 4. The molecule has 2 saturated heterocycles. The molecule has 2 aliphatic rings. The standard InChI is InChI=1S/C18H29N5O2/c1-3-25-18(24)14-6-10-23(11-7-14)17-15(19)16(20-12-21-17)22-8-4-13(2)5-9-22/h12-14H,3-11,19H2,1-2H3. The average Bonchev–Trinajstić information content (AvgIpc) is 2.63. The molecule has 0 saturated carbocycles. The van der Waals surface area contributed by atoms with Crippen LogP contribution in [0.15, 0.2) is 6.33 Å². The van der Waals surface area contributed by atoms with Crippen LogP contribution in [-0.4, -0.2) is 48.7 Å². The molecule has 2 N–H and O–H groups in total. The van der Waals surface area contributed by atoms with E-state index < -0.39 is 0 Å². The Bertz CT molecular complexity index is 593. The number of aromatic nitrogens is 2. The number of nitrogen functional groups attached to an aromatic ring is 1. The number of hydrogen-bond acceptors (Lipinski definition) is 7. The lowest BCUT2D eigenvalue weighted by atomic mass is 9.97. The summed E-state index contributed by atoms with van der Waals surface area (Å²) in [4.78, 5) is 25.2. The Morgan fingerprint density at radius 2 is 1.64 bits per heavy atom. The maximum Gasteiger partial charge on any atom is 0.309 e. The molecular weight excluding hydrogens is 318 g/mol. The SMILES string of the molecule is CCOC(=O)C1CCN(c2ncnc(N3CCC(C)CC3)c2N)CC1. The van der Waals surface area contributed by atoms with Crippen LogP contribution >= 0.6 is 0 Å². The Hall–Kier alpha value is -2.05. The van der Waals surface area contributed by atoms with Gasteiger partial charge in [0.25, 0.3) is 0 Å². The van der Waals surface area contributed by atoms with E-state index in [9.17, 15) is 4.79 Å². The molecule has 2 aliphatic heterocycles.